The lowest BCUT2D eigenvalue weighted by Gasteiger charge is -2.29. The highest BCUT2D eigenvalue weighted by molar-refractivity contribution is 6.46. The van der Waals surface area contributed by atoms with Crippen molar-refractivity contribution in [2.45, 2.75) is 19.4 Å². The molecule has 0 radical (unpaired) electrons. The number of nitrogens with zero attached hydrogens (tertiary/aromatic N) is 2. The monoisotopic (exact) mass is 450 g/mol. The molecule has 33 heavy (non-hydrogen) atoms. The molecule has 0 aromatic heterocycles. The van der Waals surface area contributed by atoms with Gasteiger partial charge in [0.05, 0.1) is 31.4 Å². The number of Topliss-reactive ketones (excluding diaryl/α,β-unsaturated/α-hetero) is 1. The number of ether oxygens (including phenoxy) is 2. The van der Waals surface area contributed by atoms with Gasteiger partial charge in [0.15, 0.2) is 0 Å². The van der Waals surface area contributed by atoms with Crippen LogP contribution in [0.2, 0.25) is 0 Å². The van der Waals surface area contributed by atoms with E-state index in [1.54, 1.807) is 29.2 Å². The van der Waals surface area contributed by atoms with Gasteiger partial charge in [0.1, 0.15) is 11.5 Å². The molecule has 1 atom stereocenters. The molecule has 2 heterocycles. The molecule has 2 fully saturated rings. The number of amides is 1. The van der Waals surface area contributed by atoms with Crippen LogP contribution in [0.15, 0.2) is 60.2 Å². The van der Waals surface area contributed by atoms with Gasteiger partial charge < -0.3 is 19.5 Å². The average Bonchev–Trinajstić information content (AvgIpc) is 3.10. The number of aliphatic hydroxyl groups excluding tert-OH is 1. The maximum atomic E-state index is 13.1. The summed E-state index contributed by atoms with van der Waals surface area (Å²) >= 11 is 0. The van der Waals surface area contributed by atoms with Crippen molar-refractivity contribution in [3.05, 3.63) is 71.3 Å². The fourth-order valence-corrected chi connectivity index (χ4v) is 4.41. The lowest BCUT2D eigenvalue weighted by atomic mass is 9.95. The summed E-state index contributed by atoms with van der Waals surface area (Å²) < 4.78 is 10.9. The summed E-state index contributed by atoms with van der Waals surface area (Å²) in [4.78, 5) is 30.0. The fourth-order valence-electron chi connectivity index (χ4n) is 4.41. The second-order valence-corrected chi connectivity index (χ2v) is 8.17. The number of carbonyl (C=O) groups is 2. The zero-order valence-electron chi connectivity index (χ0n) is 18.9. The van der Waals surface area contributed by atoms with Gasteiger partial charge in [-0.1, -0.05) is 42.5 Å². The molecule has 0 bridgehead atoms. The molecule has 0 saturated carbocycles. The molecule has 2 aliphatic heterocycles. The number of hydrogen-bond acceptors (Lipinski definition) is 6. The Morgan fingerprint density at radius 3 is 2.39 bits per heavy atom. The lowest BCUT2D eigenvalue weighted by molar-refractivity contribution is -0.140. The summed E-state index contributed by atoms with van der Waals surface area (Å²) in [5.41, 5.74) is 1.41. The van der Waals surface area contributed by atoms with E-state index in [1.165, 1.54) is 0 Å². The molecule has 1 amide bonds. The minimum Gasteiger partial charge on any atom is -0.507 e. The lowest BCUT2D eigenvalue weighted by Crippen LogP contribution is -2.38. The van der Waals surface area contributed by atoms with Crippen molar-refractivity contribution < 1.29 is 24.2 Å². The summed E-state index contributed by atoms with van der Waals surface area (Å²) in [7, 11) is 0. The first-order chi connectivity index (χ1) is 16.1. The highest BCUT2D eigenvalue weighted by atomic mass is 16.5. The molecular weight excluding hydrogens is 420 g/mol. The van der Waals surface area contributed by atoms with Crippen LogP contribution in [0.4, 0.5) is 0 Å². The highest BCUT2D eigenvalue weighted by Crippen LogP contribution is 2.39. The molecule has 0 spiro atoms. The Balaban J connectivity index is 1.65. The van der Waals surface area contributed by atoms with E-state index < -0.39 is 17.7 Å². The van der Waals surface area contributed by atoms with Crippen molar-refractivity contribution in [3.8, 4) is 5.75 Å². The number of ketones is 1. The summed E-state index contributed by atoms with van der Waals surface area (Å²) in [6, 6.07) is 15.6. The zero-order valence-corrected chi connectivity index (χ0v) is 18.9. The van der Waals surface area contributed by atoms with Gasteiger partial charge in [-0.15, -0.1) is 0 Å². The number of carbonyl (C=O) groups excluding carboxylic acids is 2. The third-order valence-corrected chi connectivity index (χ3v) is 6.07. The third kappa shape index (κ3) is 5.10. The van der Waals surface area contributed by atoms with E-state index in [0.29, 0.717) is 37.7 Å². The second kappa shape index (κ2) is 10.6. The van der Waals surface area contributed by atoms with Gasteiger partial charge >= 0.3 is 0 Å². The van der Waals surface area contributed by atoms with E-state index in [1.807, 2.05) is 37.3 Å². The molecule has 7 heteroatoms. The number of aliphatic hydroxyl groups is 1. The van der Waals surface area contributed by atoms with Crippen molar-refractivity contribution in [1.82, 2.24) is 9.80 Å². The van der Waals surface area contributed by atoms with Crippen LogP contribution in [-0.2, 0) is 14.3 Å². The first kappa shape index (κ1) is 23.0. The summed E-state index contributed by atoms with van der Waals surface area (Å²) in [6.45, 7) is 6.88. The van der Waals surface area contributed by atoms with Crippen molar-refractivity contribution in [2.75, 3.05) is 46.0 Å². The van der Waals surface area contributed by atoms with E-state index in [2.05, 4.69) is 4.90 Å². The first-order valence-corrected chi connectivity index (χ1v) is 11.5. The minimum absolute atomic E-state index is 0.127. The Kier molecular flexibility index (Phi) is 7.42. The Hall–Kier alpha value is -3.16. The van der Waals surface area contributed by atoms with Crippen LogP contribution in [-0.4, -0.2) is 72.6 Å². The molecule has 2 aromatic rings. The smallest absolute Gasteiger partial charge is 0.295 e. The van der Waals surface area contributed by atoms with Gasteiger partial charge in [0.2, 0.25) is 0 Å². The summed E-state index contributed by atoms with van der Waals surface area (Å²) in [5, 5.41) is 11.1. The number of hydrogen-bond donors (Lipinski definition) is 1. The topological polar surface area (TPSA) is 79.3 Å². The van der Waals surface area contributed by atoms with Crippen LogP contribution < -0.4 is 4.74 Å². The molecule has 2 saturated heterocycles. The molecule has 0 aliphatic carbocycles. The average molecular weight is 451 g/mol. The SMILES string of the molecule is CCOc1ccc([C@H]2/C(=C(\O)c3ccccc3)C(=O)C(=O)N2CCCN2CCOCC2)cc1. The Labute approximate surface area is 194 Å². The maximum absolute atomic E-state index is 13.1. The normalized spacial score (nSPS) is 20.9. The molecule has 1 N–H and O–H groups in total. The Morgan fingerprint density at radius 2 is 1.73 bits per heavy atom. The van der Waals surface area contributed by atoms with Gasteiger partial charge in [-0.05, 0) is 31.0 Å². The van der Waals surface area contributed by atoms with Crippen LogP contribution in [0.3, 0.4) is 0 Å². The van der Waals surface area contributed by atoms with Crippen molar-refractivity contribution in [3.63, 3.8) is 0 Å². The predicted octanol–water partition coefficient (Wildman–Crippen LogP) is 3.23. The number of benzene rings is 2. The molecule has 2 aromatic carbocycles. The van der Waals surface area contributed by atoms with Crippen molar-refractivity contribution in [1.29, 1.82) is 0 Å². The van der Waals surface area contributed by atoms with Crippen LogP contribution in [0.25, 0.3) is 5.76 Å². The van der Waals surface area contributed by atoms with E-state index >= 15 is 0 Å². The molecule has 7 nitrogen and oxygen atoms in total. The van der Waals surface area contributed by atoms with Gasteiger partial charge in [0, 0.05) is 31.7 Å². The first-order valence-electron chi connectivity index (χ1n) is 11.5. The number of rotatable bonds is 8. The molecule has 4 rings (SSSR count). The second-order valence-electron chi connectivity index (χ2n) is 8.17. The Morgan fingerprint density at radius 1 is 1.03 bits per heavy atom. The molecule has 174 valence electrons. The minimum atomic E-state index is -0.651. The van der Waals surface area contributed by atoms with Crippen molar-refractivity contribution >= 4 is 17.4 Å². The number of morpholine rings is 1. The van der Waals surface area contributed by atoms with Crippen LogP contribution in [0.1, 0.15) is 30.5 Å². The summed E-state index contributed by atoms with van der Waals surface area (Å²) in [6.07, 6.45) is 0.728. The summed E-state index contributed by atoms with van der Waals surface area (Å²) in [5.74, 6) is -0.660. The highest BCUT2D eigenvalue weighted by Gasteiger charge is 2.45. The van der Waals surface area contributed by atoms with E-state index in [4.69, 9.17) is 9.47 Å². The third-order valence-electron chi connectivity index (χ3n) is 6.07. The molecule has 0 unspecified atom stereocenters. The van der Waals surface area contributed by atoms with E-state index in [9.17, 15) is 14.7 Å². The van der Waals surface area contributed by atoms with Crippen LogP contribution in [0, 0.1) is 0 Å². The van der Waals surface area contributed by atoms with Gasteiger partial charge in [-0.2, -0.15) is 0 Å². The predicted molar refractivity (Wildman–Crippen MR) is 125 cm³/mol. The van der Waals surface area contributed by atoms with E-state index in [-0.39, 0.29) is 11.3 Å². The quantitative estimate of drug-likeness (QED) is 0.378. The van der Waals surface area contributed by atoms with Gasteiger partial charge in [0.25, 0.3) is 11.7 Å². The van der Waals surface area contributed by atoms with E-state index in [0.717, 1.165) is 31.6 Å². The largest absolute Gasteiger partial charge is 0.507 e. The van der Waals surface area contributed by atoms with Gasteiger partial charge in [-0.25, -0.2) is 0 Å². The standard InChI is InChI=1S/C26H30N2O5/c1-2-33-21-11-9-19(10-12-21)23-22(24(29)20-7-4-3-5-8-20)25(30)26(31)28(23)14-6-13-27-15-17-32-18-16-27/h3-5,7-12,23,29H,2,6,13-18H2,1H3/b24-22+/t23-/m0/s1. The van der Waals surface area contributed by atoms with Crippen LogP contribution >= 0.6 is 0 Å². The number of likely N-dealkylation sites (tertiary alicyclic amines) is 1. The van der Waals surface area contributed by atoms with Gasteiger partial charge in [-0.3, -0.25) is 14.5 Å². The Bertz CT molecular complexity index is 997. The molecular formula is C26H30N2O5. The molecule has 2 aliphatic rings. The zero-order chi connectivity index (χ0) is 23.2. The fraction of sp³-hybridized carbons (Fsp3) is 0.385. The maximum Gasteiger partial charge on any atom is 0.295 e. The van der Waals surface area contributed by atoms with Crippen LogP contribution in [0.5, 0.6) is 5.75 Å². The van der Waals surface area contributed by atoms with Crippen molar-refractivity contribution in [2.24, 2.45) is 0 Å².